The fourth-order valence-corrected chi connectivity index (χ4v) is 3.55. The van der Waals surface area contributed by atoms with E-state index in [9.17, 15) is 9.59 Å². The van der Waals surface area contributed by atoms with Crippen LogP contribution in [-0.2, 0) is 0 Å². The Morgan fingerprint density at radius 3 is 2.32 bits per heavy atom. The van der Waals surface area contributed by atoms with Gasteiger partial charge in [0.2, 0.25) is 0 Å². The molecule has 1 saturated heterocycles. The lowest BCUT2D eigenvalue weighted by Crippen LogP contribution is -2.47. The zero-order valence-electron chi connectivity index (χ0n) is 15.5. The van der Waals surface area contributed by atoms with Gasteiger partial charge < -0.3 is 15.0 Å². The largest absolute Gasteiger partial charge is 0.415 e. The van der Waals surface area contributed by atoms with Crippen molar-refractivity contribution in [2.45, 2.75) is 18.9 Å². The van der Waals surface area contributed by atoms with E-state index in [1.807, 2.05) is 60.7 Å². The topological polar surface area (TPSA) is 58.6 Å². The molecule has 142 valence electrons. The van der Waals surface area contributed by atoms with Crippen LogP contribution in [0.4, 0.5) is 4.79 Å². The highest BCUT2D eigenvalue weighted by atomic mass is 16.6. The van der Waals surface area contributed by atoms with Crippen molar-refractivity contribution in [3.63, 3.8) is 0 Å². The van der Waals surface area contributed by atoms with Gasteiger partial charge in [-0.2, -0.15) is 0 Å². The van der Waals surface area contributed by atoms with Gasteiger partial charge in [-0.3, -0.25) is 4.79 Å². The molecule has 1 heterocycles. The standard InChI is InChI=1S/C23H22N2O3/c26-22(21-12-6-8-17-7-4-5-11-20(17)21)24-18-13-15-25(16-14-18)23(27)28-19-9-2-1-3-10-19/h1-12,18H,13-16H2,(H,24,26). The van der Waals surface area contributed by atoms with Gasteiger partial charge in [-0.1, -0.05) is 54.6 Å². The molecule has 3 aromatic carbocycles. The maximum Gasteiger partial charge on any atom is 0.415 e. The number of rotatable bonds is 3. The predicted molar refractivity (Wildman–Crippen MR) is 108 cm³/mol. The Morgan fingerprint density at radius 1 is 0.857 bits per heavy atom. The number of para-hydroxylation sites is 1. The van der Waals surface area contributed by atoms with E-state index in [4.69, 9.17) is 4.74 Å². The van der Waals surface area contributed by atoms with Crippen LogP contribution in [0.3, 0.4) is 0 Å². The van der Waals surface area contributed by atoms with E-state index in [-0.39, 0.29) is 18.0 Å². The molecular formula is C23H22N2O3. The van der Waals surface area contributed by atoms with Crippen molar-refractivity contribution in [1.82, 2.24) is 10.2 Å². The Kier molecular flexibility index (Phi) is 5.24. The number of nitrogens with zero attached hydrogens (tertiary/aromatic N) is 1. The number of ether oxygens (including phenoxy) is 1. The highest BCUT2D eigenvalue weighted by Gasteiger charge is 2.25. The third kappa shape index (κ3) is 3.98. The third-order valence-corrected chi connectivity index (χ3v) is 5.07. The summed E-state index contributed by atoms with van der Waals surface area (Å²) in [4.78, 5) is 26.7. The number of hydrogen-bond acceptors (Lipinski definition) is 3. The van der Waals surface area contributed by atoms with Crippen LogP contribution in [0.25, 0.3) is 10.8 Å². The average Bonchev–Trinajstić information content (AvgIpc) is 2.74. The fraction of sp³-hybridized carbons (Fsp3) is 0.217. The van der Waals surface area contributed by atoms with Crippen molar-refractivity contribution in [3.8, 4) is 5.75 Å². The second kappa shape index (κ2) is 8.13. The summed E-state index contributed by atoms with van der Waals surface area (Å²) in [5.41, 5.74) is 0.684. The van der Waals surface area contributed by atoms with Crippen molar-refractivity contribution in [2.24, 2.45) is 0 Å². The van der Waals surface area contributed by atoms with Crippen molar-refractivity contribution >= 4 is 22.8 Å². The van der Waals surface area contributed by atoms with Gasteiger partial charge in [0.25, 0.3) is 5.91 Å². The number of hydrogen-bond donors (Lipinski definition) is 1. The number of fused-ring (bicyclic) bond motifs is 1. The molecule has 0 radical (unpaired) electrons. The van der Waals surface area contributed by atoms with Gasteiger partial charge in [0, 0.05) is 24.7 Å². The molecule has 0 aromatic heterocycles. The van der Waals surface area contributed by atoms with Crippen molar-refractivity contribution in [1.29, 1.82) is 0 Å². The van der Waals surface area contributed by atoms with Crippen LogP contribution in [0.5, 0.6) is 5.75 Å². The number of nitrogens with one attached hydrogen (secondary N) is 1. The minimum atomic E-state index is -0.343. The summed E-state index contributed by atoms with van der Waals surface area (Å²) < 4.78 is 5.39. The molecule has 1 fully saturated rings. The second-order valence-electron chi connectivity index (χ2n) is 6.94. The first kappa shape index (κ1) is 18.0. The van der Waals surface area contributed by atoms with E-state index >= 15 is 0 Å². The minimum Gasteiger partial charge on any atom is -0.410 e. The van der Waals surface area contributed by atoms with Gasteiger partial charge in [0.15, 0.2) is 0 Å². The van der Waals surface area contributed by atoms with Gasteiger partial charge in [-0.25, -0.2) is 4.79 Å². The molecule has 28 heavy (non-hydrogen) atoms. The zero-order valence-corrected chi connectivity index (χ0v) is 15.5. The molecule has 1 N–H and O–H groups in total. The number of carbonyl (C=O) groups is 2. The Balaban J connectivity index is 1.34. The van der Waals surface area contributed by atoms with Crippen LogP contribution in [0.15, 0.2) is 72.8 Å². The lowest BCUT2D eigenvalue weighted by Gasteiger charge is -2.31. The molecule has 1 aliphatic rings. The molecule has 4 rings (SSSR count). The normalized spacial score (nSPS) is 14.6. The summed E-state index contributed by atoms with van der Waals surface area (Å²) in [6, 6.07) is 22.7. The summed E-state index contributed by atoms with van der Waals surface area (Å²) in [6.45, 7) is 1.12. The predicted octanol–water partition coefficient (Wildman–Crippen LogP) is 4.23. The Hall–Kier alpha value is -3.34. The highest BCUT2D eigenvalue weighted by molar-refractivity contribution is 6.07. The van der Waals surface area contributed by atoms with E-state index in [1.165, 1.54) is 0 Å². The molecule has 5 nitrogen and oxygen atoms in total. The first-order valence-electron chi connectivity index (χ1n) is 9.51. The maximum atomic E-state index is 12.8. The van der Waals surface area contributed by atoms with E-state index in [1.54, 1.807) is 17.0 Å². The molecule has 0 aliphatic carbocycles. The average molecular weight is 374 g/mol. The summed E-state index contributed by atoms with van der Waals surface area (Å²) in [5.74, 6) is 0.473. The molecule has 0 spiro atoms. The van der Waals surface area contributed by atoms with Crippen molar-refractivity contribution in [3.05, 3.63) is 78.4 Å². The zero-order chi connectivity index (χ0) is 19.3. The van der Waals surface area contributed by atoms with Gasteiger partial charge in [-0.15, -0.1) is 0 Å². The maximum absolute atomic E-state index is 12.8. The first-order valence-corrected chi connectivity index (χ1v) is 9.51. The van der Waals surface area contributed by atoms with Gasteiger partial charge in [0.05, 0.1) is 0 Å². The Labute approximate surface area is 163 Å². The summed E-state index contributed by atoms with van der Waals surface area (Å²) in [5, 5.41) is 5.12. The van der Waals surface area contributed by atoms with Crippen molar-refractivity contribution in [2.75, 3.05) is 13.1 Å². The van der Waals surface area contributed by atoms with Gasteiger partial charge >= 0.3 is 6.09 Å². The van der Waals surface area contributed by atoms with Crippen LogP contribution < -0.4 is 10.1 Å². The van der Waals surface area contributed by atoms with E-state index in [2.05, 4.69) is 5.32 Å². The molecule has 2 amide bonds. The molecule has 0 saturated carbocycles. The molecule has 0 unspecified atom stereocenters. The number of amides is 2. The highest BCUT2D eigenvalue weighted by Crippen LogP contribution is 2.20. The minimum absolute atomic E-state index is 0.0484. The van der Waals surface area contributed by atoms with E-state index in [0.717, 1.165) is 10.8 Å². The molecule has 0 atom stereocenters. The number of piperidine rings is 1. The van der Waals surface area contributed by atoms with E-state index < -0.39 is 0 Å². The molecular weight excluding hydrogens is 352 g/mol. The quantitative estimate of drug-likeness (QED) is 0.746. The van der Waals surface area contributed by atoms with Crippen molar-refractivity contribution < 1.29 is 14.3 Å². The third-order valence-electron chi connectivity index (χ3n) is 5.07. The molecule has 5 heteroatoms. The lowest BCUT2D eigenvalue weighted by atomic mass is 10.0. The van der Waals surface area contributed by atoms with Gasteiger partial charge in [0.1, 0.15) is 5.75 Å². The van der Waals surface area contributed by atoms with Crippen LogP contribution in [-0.4, -0.2) is 36.0 Å². The lowest BCUT2D eigenvalue weighted by molar-refractivity contribution is 0.0911. The summed E-state index contributed by atoms with van der Waals surface area (Å²) in [7, 11) is 0. The van der Waals surface area contributed by atoms with Crippen LogP contribution >= 0.6 is 0 Å². The number of benzene rings is 3. The first-order chi connectivity index (χ1) is 13.7. The second-order valence-corrected chi connectivity index (χ2v) is 6.94. The van der Waals surface area contributed by atoms with Crippen LogP contribution in [0.2, 0.25) is 0 Å². The summed E-state index contributed by atoms with van der Waals surface area (Å²) >= 11 is 0. The number of likely N-dealkylation sites (tertiary alicyclic amines) is 1. The smallest absolute Gasteiger partial charge is 0.410 e. The Bertz CT molecular complexity index is 974. The monoisotopic (exact) mass is 374 g/mol. The Morgan fingerprint density at radius 2 is 1.54 bits per heavy atom. The SMILES string of the molecule is O=C(NC1CCN(C(=O)Oc2ccccc2)CC1)c1cccc2ccccc12. The van der Waals surface area contributed by atoms with E-state index in [0.29, 0.717) is 37.2 Å². The number of carbonyl (C=O) groups excluding carboxylic acids is 2. The van der Waals surface area contributed by atoms with Crippen LogP contribution in [0.1, 0.15) is 23.2 Å². The summed E-state index contributed by atoms with van der Waals surface area (Å²) in [6.07, 6.45) is 1.07. The van der Waals surface area contributed by atoms with Gasteiger partial charge in [-0.05, 0) is 41.8 Å². The molecule has 0 bridgehead atoms. The fourth-order valence-electron chi connectivity index (χ4n) is 3.55. The molecule has 3 aromatic rings. The molecule has 1 aliphatic heterocycles. The van der Waals surface area contributed by atoms with Crippen LogP contribution in [0, 0.1) is 0 Å².